The van der Waals surface area contributed by atoms with Crippen LogP contribution in [0.4, 0.5) is 0 Å². The molecule has 1 aromatic heterocycles. The molecule has 1 unspecified atom stereocenters. The lowest BCUT2D eigenvalue weighted by Gasteiger charge is -2.20. The van der Waals surface area contributed by atoms with Crippen molar-refractivity contribution in [3.8, 4) is 40.2 Å². The minimum atomic E-state index is -0.972. The van der Waals surface area contributed by atoms with Crippen LogP contribution < -0.4 is 0 Å². The predicted octanol–water partition coefficient (Wildman–Crippen LogP) is 3.03. The summed E-state index contributed by atoms with van der Waals surface area (Å²) in [5, 5.41) is 71.5. The van der Waals surface area contributed by atoms with E-state index < -0.39 is 34.5 Å². The summed E-state index contributed by atoms with van der Waals surface area (Å²) in [4.78, 5) is 0. The lowest BCUT2D eigenvalue weighted by Crippen LogP contribution is -2.04. The second kappa shape index (κ2) is 5.42. The molecule has 0 aliphatic rings. The molecule has 26 heavy (non-hydrogen) atoms. The molecule has 7 N–H and O–H groups in total. The highest BCUT2D eigenvalue weighted by atomic mass is 16.3. The highest BCUT2D eigenvalue weighted by molar-refractivity contribution is 6.19. The van der Waals surface area contributed by atoms with Gasteiger partial charge in [0.1, 0.15) is 5.75 Å². The second-order valence-electron chi connectivity index (χ2n) is 6.89. The molecule has 0 aliphatic carbocycles. The molecule has 0 bridgehead atoms. The van der Waals surface area contributed by atoms with Crippen molar-refractivity contribution in [3.63, 3.8) is 0 Å². The molecule has 0 saturated heterocycles. The molecule has 140 valence electrons. The molecular weight excluding hydrogens is 342 g/mol. The van der Waals surface area contributed by atoms with Crippen LogP contribution in [-0.4, -0.2) is 40.3 Å². The summed E-state index contributed by atoms with van der Waals surface area (Å²) in [7, 11) is 1.44. The first-order chi connectivity index (χ1) is 12.0. The zero-order chi connectivity index (χ0) is 19.7. The minimum Gasteiger partial charge on any atom is -0.505 e. The third-order valence-corrected chi connectivity index (χ3v) is 5.18. The molecule has 3 aromatic rings. The number of rotatable bonds is 2. The van der Waals surface area contributed by atoms with Crippen LogP contribution >= 0.6 is 0 Å². The van der Waals surface area contributed by atoms with Gasteiger partial charge >= 0.3 is 0 Å². The molecular formula is C18H21NO7. The van der Waals surface area contributed by atoms with Gasteiger partial charge in [-0.05, 0) is 11.8 Å². The molecule has 0 radical (unpaired) electrons. The predicted molar refractivity (Wildman–Crippen MR) is 95.3 cm³/mol. The van der Waals surface area contributed by atoms with Crippen LogP contribution in [0.1, 0.15) is 32.3 Å². The Bertz CT molecular complexity index is 1070. The van der Waals surface area contributed by atoms with Crippen LogP contribution in [0.25, 0.3) is 21.8 Å². The van der Waals surface area contributed by atoms with Crippen LogP contribution in [0.15, 0.2) is 0 Å². The number of fused-ring (bicyclic) bond motifs is 3. The first kappa shape index (κ1) is 17.7. The maximum Gasteiger partial charge on any atom is 0.206 e. The third kappa shape index (κ3) is 1.95. The third-order valence-electron chi connectivity index (χ3n) is 5.18. The van der Waals surface area contributed by atoms with E-state index in [9.17, 15) is 35.7 Å². The minimum absolute atomic E-state index is 0.0354. The number of nitrogens with zero attached hydrogens (tertiary/aromatic N) is 1. The van der Waals surface area contributed by atoms with E-state index in [0.717, 1.165) is 0 Å². The van der Waals surface area contributed by atoms with Crippen LogP contribution in [0.3, 0.4) is 0 Å². The van der Waals surface area contributed by atoms with E-state index in [2.05, 4.69) is 0 Å². The van der Waals surface area contributed by atoms with E-state index >= 15 is 0 Å². The Labute approximate surface area is 148 Å². The van der Waals surface area contributed by atoms with Crippen LogP contribution in [-0.2, 0) is 7.05 Å². The van der Waals surface area contributed by atoms with Crippen molar-refractivity contribution < 1.29 is 35.7 Å². The number of hydrogen-bond donors (Lipinski definition) is 7. The highest BCUT2D eigenvalue weighted by Crippen LogP contribution is 2.57. The molecule has 8 heteroatoms. The largest absolute Gasteiger partial charge is 0.505 e. The lowest BCUT2D eigenvalue weighted by atomic mass is 9.87. The summed E-state index contributed by atoms with van der Waals surface area (Å²) >= 11 is 0. The maximum atomic E-state index is 10.8. The zero-order valence-electron chi connectivity index (χ0n) is 14.7. The van der Waals surface area contributed by atoms with Crippen molar-refractivity contribution in [2.45, 2.75) is 26.7 Å². The Hall–Kier alpha value is -3.16. The van der Waals surface area contributed by atoms with E-state index in [1.165, 1.54) is 11.6 Å². The average molecular weight is 363 g/mol. The Morgan fingerprint density at radius 2 is 1.00 bits per heavy atom. The first-order valence-corrected chi connectivity index (χ1v) is 8.06. The van der Waals surface area contributed by atoms with Gasteiger partial charge in [0.05, 0.1) is 21.8 Å². The first-order valence-electron chi connectivity index (χ1n) is 8.06. The molecule has 0 spiro atoms. The Morgan fingerprint density at radius 1 is 0.577 bits per heavy atom. The summed E-state index contributed by atoms with van der Waals surface area (Å²) in [6.07, 6.45) is 0. The maximum absolute atomic E-state index is 10.8. The van der Waals surface area contributed by atoms with Crippen LogP contribution in [0.5, 0.6) is 40.2 Å². The van der Waals surface area contributed by atoms with Gasteiger partial charge in [-0.1, -0.05) is 20.8 Å². The zero-order valence-corrected chi connectivity index (χ0v) is 14.7. The van der Waals surface area contributed by atoms with Gasteiger partial charge in [-0.2, -0.15) is 0 Å². The van der Waals surface area contributed by atoms with E-state index in [4.69, 9.17) is 0 Å². The highest BCUT2D eigenvalue weighted by Gasteiger charge is 2.31. The van der Waals surface area contributed by atoms with Crippen molar-refractivity contribution in [3.05, 3.63) is 5.56 Å². The van der Waals surface area contributed by atoms with Gasteiger partial charge in [0.2, 0.25) is 11.5 Å². The van der Waals surface area contributed by atoms with Gasteiger partial charge in [0, 0.05) is 12.6 Å². The van der Waals surface area contributed by atoms with Crippen molar-refractivity contribution >= 4 is 21.8 Å². The van der Waals surface area contributed by atoms with E-state index in [1.807, 2.05) is 13.8 Å². The van der Waals surface area contributed by atoms with Crippen LogP contribution in [0.2, 0.25) is 0 Å². The van der Waals surface area contributed by atoms with Crippen molar-refractivity contribution in [2.75, 3.05) is 0 Å². The van der Waals surface area contributed by atoms with Crippen molar-refractivity contribution in [1.82, 2.24) is 4.57 Å². The Balaban J connectivity index is 2.67. The smallest absolute Gasteiger partial charge is 0.206 e. The number of aromatic hydroxyl groups is 7. The molecule has 8 nitrogen and oxygen atoms in total. The topological polar surface area (TPSA) is 147 Å². The number of aromatic nitrogens is 1. The number of hydrogen-bond acceptors (Lipinski definition) is 7. The van der Waals surface area contributed by atoms with Crippen LogP contribution in [0, 0.1) is 5.92 Å². The Morgan fingerprint density at radius 3 is 1.50 bits per heavy atom. The van der Waals surface area contributed by atoms with Gasteiger partial charge in [0.25, 0.3) is 0 Å². The number of benzene rings is 2. The quantitative estimate of drug-likeness (QED) is 0.273. The molecule has 0 fully saturated rings. The number of aryl methyl sites for hydroxylation is 1. The van der Waals surface area contributed by atoms with E-state index in [0.29, 0.717) is 0 Å². The number of phenols is 7. The molecule has 0 aliphatic heterocycles. The van der Waals surface area contributed by atoms with E-state index in [1.54, 1.807) is 6.92 Å². The monoisotopic (exact) mass is 363 g/mol. The van der Waals surface area contributed by atoms with Gasteiger partial charge in [0.15, 0.2) is 23.0 Å². The fourth-order valence-electron chi connectivity index (χ4n) is 3.40. The average Bonchev–Trinajstić information content (AvgIpc) is 2.89. The molecule has 0 saturated carbocycles. The number of phenolic OH excluding ortho intramolecular Hbond substituents is 7. The van der Waals surface area contributed by atoms with Crippen molar-refractivity contribution in [2.24, 2.45) is 13.0 Å². The summed E-state index contributed by atoms with van der Waals surface area (Å²) < 4.78 is 1.27. The lowest BCUT2D eigenvalue weighted by molar-refractivity contribution is 0.350. The normalized spacial score (nSPS) is 13.1. The Kier molecular flexibility index (Phi) is 3.68. The summed E-state index contributed by atoms with van der Waals surface area (Å²) in [5.74, 6) is -5.18. The van der Waals surface area contributed by atoms with Gasteiger partial charge < -0.3 is 40.3 Å². The SMILES string of the molecule is CC(C)C(C)c1c(O)c(O)c2c3c(O)c(O)c(O)c(O)c3n(C)c2c1O. The molecule has 1 atom stereocenters. The van der Waals surface area contributed by atoms with Gasteiger partial charge in [-0.3, -0.25) is 0 Å². The summed E-state index contributed by atoms with van der Waals surface area (Å²) in [6.45, 7) is 5.56. The van der Waals surface area contributed by atoms with Gasteiger partial charge in [-0.15, -0.1) is 0 Å². The molecule has 2 aromatic carbocycles. The molecule has 3 rings (SSSR count). The van der Waals surface area contributed by atoms with Crippen molar-refractivity contribution in [1.29, 1.82) is 0 Å². The second-order valence-corrected chi connectivity index (χ2v) is 6.89. The fourth-order valence-corrected chi connectivity index (χ4v) is 3.40. The summed E-state index contributed by atoms with van der Waals surface area (Å²) in [6, 6.07) is 0. The van der Waals surface area contributed by atoms with E-state index in [-0.39, 0.29) is 45.0 Å². The van der Waals surface area contributed by atoms with Gasteiger partial charge in [-0.25, -0.2) is 0 Å². The standard InChI is InChI=1S/C18H21NO7/c1-5(2)6(3)7-12(20)10-8(14(22)13(7)21)9-11(19(10)4)16(24)18(26)17(25)15(9)23/h5-6,20-26H,1-4H3. The molecule has 1 heterocycles. The molecule has 0 amide bonds. The fraction of sp³-hybridized carbons (Fsp3) is 0.333. The summed E-state index contributed by atoms with van der Waals surface area (Å²) in [5.41, 5.74) is 0.0453.